The molecule has 0 atom stereocenters. The fourth-order valence-corrected chi connectivity index (χ4v) is 1.99. The van der Waals surface area contributed by atoms with E-state index in [-0.39, 0.29) is 0 Å². The fraction of sp³-hybridized carbons (Fsp3) is 0.154. The summed E-state index contributed by atoms with van der Waals surface area (Å²) in [7, 11) is 0. The molecule has 0 aliphatic heterocycles. The maximum absolute atomic E-state index is 5.72. The lowest BCUT2D eigenvalue weighted by Gasteiger charge is -2.08. The van der Waals surface area contributed by atoms with Crippen molar-refractivity contribution in [2.75, 3.05) is 0 Å². The quantitative estimate of drug-likeness (QED) is 0.734. The summed E-state index contributed by atoms with van der Waals surface area (Å²) in [5.74, 6) is 1.44. The molecule has 0 bridgehead atoms. The molecule has 0 amide bonds. The molecule has 0 N–H and O–H groups in total. The van der Waals surface area contributed by atoms with Crippen molar-refractivity contribution >= 4 is 31.9 Å². The van der Waals surface area contributed by atoms with Crippen molar-refractivity contribution in [2.45, 2.75) is 12.3 Å². The van der Waals surface area contributed by atoms with Gasteiger partial charge in [0.05, 0.1) is 0 Å². The summed E-state index contributed by atoms with van der Waals surface area (Å²) in [5, 5.41) is 0.805. The van der Waals surface area contributed by atoms with Gasteiger partial charge in [0.1, 0.15) is 5.75 Å². The Labute approximate surface area is 117 Å². The van der Waals surface area contributed by atoms with Gasteiger partial charge in [-0.2, -0.15) is 0 Å². The molecule has 2 aromatic rings. The van der Waals surface area contributed by atoms with Gasteiger partial charge in [-0.05, 0) is 42.8 Å². The van der Waals surface area contributed by atoms with Crippen LogP contribution in [0.25, 0.3) is 0 Å². The minimum Gasteiger partial charge on any atom is -0.439 e. The monoisotopic (exact) mass is 355 g/mol. The van der Waals surface area contributed by atoms with Crippen LogP contribution in [0.4, 0.5) is 0 Å². The Morgan fingerprint density at radius 2 is 1.94 bits per heavy atom. The number of hydrogen-bond donors (Lipinski definition) is 0. The molecular formula is C13H11Br2NO. The minimum absolute atomic E-state index is 0.650. The number of hydrogen-bond acceptors (Lipinski definition) is 2. The Balaban J connectivity index is 2.21. The topological polar surface area (TPSA) is 22.1 Å². The van der Waals surface area contributed by atoms with Crippen LogP contribution in [0.3, 0.4) is 0 Å². The van der Waals surface area contributed by atoms with Gasteiger partial charge in [0.2, 0.25) is 5.88 Å². The average molecular weight is 357 g/mol. The first-order chi connectivity index (χ1) is 8.19. The summed E-state index contributed by atoms with van der Waals surface area (Å²) < 4.78 is 6.75. The zero-order valence-corrected chi connectivity index (χ0v) is 12.5. The standard InChI is InChI=1S/C13H11Br2NO/c1-9-6-10(7-14)8-16-13(9)17-12-4-2-11(15)3-5-12/h2-6,8H,7H2,1H3. The van der Waals surface area contributed by atoms with Gasteiger partial charge in [-0.1, -0.05) is 31.9 Å². The Bertz CT molecular complexity index is 511. The summed E-state index contributed by atoms with van der Waals surface area (Å²) >= 11 is 6.79. The molecule has 0 aliphatic rings. The third kappa shape index (κ3) is 3.30. The van der Waals surface area contributed by atoms with Gasteiger partial charge in [-0.3, -0.25) is 0 Å². The van der Waals surface area contributed by atoms with Gasteiger partial charge in [-0.15, -0.1) is 0 Å². The first kappa shape index (κ1) is 12.6. The molecule has 0 fully saturated rings. The predicted molar refractivity (Wildman–Crippen MR) is 75.8 cm³/mol. The van der Waals surface area contributed by atoms with Gasteiger partial charge >= 0.3 is 0 Å². The van der Waals surface area contributed by atoms with Crippen LogP contribution in [0.1, 0.15) is 11.1 Å². The minimum atomic E-state index is 0.650. The molecule has 1 aromatic heterocycles. The first-order valence-corrected chi connectivity index (χ1v) is 7.05. The van der Waals surface area contributed by atoms with Crippen LogP contribution >= 0.6 is 31.9 Å². The third-order valence-electron chi connectivity index (χ3n) is 2.27. The number of aryl methyl sites for hydroxylation is 1. The van der Waals surface area contributed by atoms with E-state index < -0.39 is 0 Å². The summed E-state index contributed by atoms with van der Waals surface area (Å²) in [5.41, 5.74) is 2.18. The Kier molecular flexibility index (Phi) is 4.18. The third-order valence-corrected chi connectivity index (χ3v) is 3.45. The van der Waals surface area contributed by atoms with E-state index in [0.29, 0.717) is 5.88 Å². The van der Waals surface area contributed by atoms with Crippen molar-refractivity contribution in [1.82, 2.24) is 4.98 Å². The second-order valence-corrected chi connectivity index (χ2v) is 5.13. The van der Waals surface area contributed by atoms with E-state index in [1.54, 1.807) is 0 Å². The highest BCUT2D eigenvalue weighted by Gasteiger charge is 2.04. The van der Waals surface area contributed by atoms with Gasteiger partial charge in [0.15, 0.2) is 0 Å². The van der Waals surface area contributed by atoms with E-state index in [1.165, 1.54) is 0 Å². The van der Waals surface area contributed by atoms with Crippen LogP contribution in [0.15, 0.2) is 41.0 Å². The number of nitrogens with zero attached hydrogens (tertiary/aromatic N) is 1. The highest BCUT2D eigenvalue weighted by Crippen LogP contribution is 2.25. The number of pyridine rings is 1. The Morgan fingerprint density at radius 1 is 1.24 bits per heavy atom. The number of aromatic nitrogens is 1. The Morgan fingerprint density at radius 3 is 2.53 bits per heavy atom. The van der Waals surface area contributed by atoms with Crippen LogP contribution in [0.2, 0.25) is 0 Å². The molecule has 17 heavy (non-hydrogen) atoms. The lowest BCUT2D eigenvalue weighted by molar-refractivity contribution is 0.458. The second kappa shape index (κ2) is 5.65. The van der Waals surface area contributed by atoms with E-state index in [0.717, 1.165) is 26.7 Å². The van der Waals surface area contributed by atoms with Crippen molar-refractivity contribution in [3.05, 3.63) is 52.1 Å². The summed E-state index contributed by atoms with van der Waals surface area (Å²) in [6.45, 7) is 1.99. The summed E-state index contributed by atoms with van der Waals surface area (Å²) in [6, 6.07) is 9.76. The largest absolute Gasteiger partial charge is 0.439 e. The molecule has 0 unspecified atom stereocenters. The number of halogens is 2. The lowest BCUT2D eigenvalue weighted by atomic mass is 10.2. The molecule has 2 rings (SSSR count). The smallest absolute Gasteiger partial charge is 0.222 e. The van der Waals surface area contributed by atoms with Crippen molar-refractivity contribution in [2.24, 2.45) is 0 Å². The molecule has 0 saturated carbocycles. The molecular weight excluding hydrogens is 346 g/mol. The molecule has 0 radical (unpaired) electrons. The molecule has 0 saturated heterocycles. The van der Waals surface area contributed by atoms with Gasteiger partial charge in [-0.25, -0.2) is 4.98 Å². The highest BCUT2D eigenvalue weighted by atomic mass is 79.9. The molecule has 0 spiro atoms. The number of benzene rings is 1. The van der Waals surface area contributed by atoms with Gasteiger partial charge in [0.25, 0.3) is 0 Å². The molecule has 2 nitrogen and oxygen atoms in total. The Hall–Kier alpha value is -0.870. The fourth-order valence-electron chi connectivity index (χ4n) is 1.41. The van der Waals surface area contributed by atoms with Crippen LogP contribution in [-0.4, -0.2) is 4.98 Å². The van der Waals surface area contributed by atoms with Crippen LogP contribution < -0.4 is 4.74 Å². The molecule has 0 aliphatic carbocycles. The molecule has 1 heterocycles. The normalized spacial score (nSPS) is 10.3. The molecule has 88 valence electrons. The van der Waals surface area contributed by atoms with Crippen molar-refractivity contribution in [1.29, 1.82) is 0 Å². The maximum Gasteiger partial charge on any atom is 0.222 e. The van der Waals surface area contributed by atoms with Crippen molar-refractivity contribution in [3.63, 3.8) is 0 Å². The summed E-state index contributed by atoms with van der Waals surface area (Å²) in [6.07, 6.45) is 1.82. The molecule has 4 heteroatoms. The van der Waals surface area contributed by atoms with E-state index in [9.17, 15) is 0 Å². The van der Waals surface area contributed by atoms with Crippen molar-refractivity contribution < 1.29 is 4.74 Å². The van der Waals surface area contributed by atoms with E-state index in [1.807, 2.05) is 37.4 Å². The van der Waals surface area contributed by atoms with E-state index in [4.69, 9.17) is 4.74 Å². The number of rotatable bonds is 3. The van der Waals surface area contributed by atoms with Crippen LogP contribution in [0.5, 0.6) is 11.6 Å². The average Bonchev–Trinajstić information content (AvgIpc) is 2.34. The lowest BCUT2D eigenvalue weighted by Crippen LogP contribution is -1.92. The van der Waals surface area contributed by atoms with Crippen LogP contribution in [-0.2, 0) is 5.33 Å². The number of ether oxygens (including phenoxy) is 1. The van der Waals surface area contributed by atoms with Crippen molar-refractivity contribution in [3.8, 4) is 11.6 Å². The SMILES string of the molecule is Cc1cc(CBr)cnc1Oc1ccc(Br)cc1. The number of alkyl halides is 1. The maximum atomic E-state index is 5.72. The zero-order valence-electron chi connectivity index (χ0n) is 9.28. The van der Waals surface area contributed by atoms with Crippen LogP contribution in [0, 0.1) is 6.92 Å². The molecule has 1 aromatic carbocycles. The van der Waals surface area contributed by atoms with E-state index in [2.05, 4.69) is 42.9 Å². The van der Waals surface area contributed by atoms with Gasteiger partial charge in [0, 0.05) is 21.6 Å². The predicted octanol–water partition coefficient (Wildman–Crippen LogP) is 4.84. The first-order valence-electron chi connectivity index (χ1n) is 5.14. The van der Waals surface area contributed by atoms with E-state index >= 15 is 0 Å². The summed E-state index contributed by atoms with van der Waals surface area (Å²) in [4.78, 5) is 4.30. The highest BCUT2D eigenvalue weighted by molar-refractivity contribution is 9.10. The second-order valence-electron chi connectivity index (χ2n) is 3.66. The van der Waals surface area contributed by atoms with Gasteiger partial charge < -0.3 is 4.74 Å². The zero-order chi connectivity index (χ0) is 12.3.